The van der Waals surface area contributed by atoms with Gasteiger partial charge in [-0.3, -0.25) is 4.79 Å². The van der Waals surface area contributed by atoms with Crippen LogP contribution in [0.2, 0.25) is 0 Å². The van der Waals surface area contributed by atoms with Crippen LogP contribution in [0.4, 0.5) is 0 Å². The quantitative estimate of drug-likeness (QED) is 0.418. The SMILES string of the molecule is CCOc1cc(C=C2C(=O)OC(C)(C)OC2=O)c(Br)cc1OCC(N)=O. The number of nitrogens with two attached hydrogens (primary N) is 1. The minimum Gasteiger partial charge on any atom is -0.490 e. The third kappa shape index (κ3) is 4.75. The molecule has 2 rings (SSSR count). The third-order valence-electron chi connectivity index (χ3n) is 3.15. The first kappa shape index (κ1) is 19.8. The fourth-order valence-electron chi connectivity index (χ4n) is 2.13. The van der Waals surface area contributed by atoms with Crippen LogP contribution < -0.4 is 15.2 Å². The summed E-state index contributed by atoms with van der Waals surface area (Å²) in [5.41, 5.74) is 5.29. The maximum Gasteiger partial charge on any atom is 0.348 e. The van der Waals surface area contributed by atoms with Gasteiger partial charge in [0.05, 0.1) is 6.61 Å². The Balaban J connectivity index is 2.40. The molecular formula is C17H18BrNO7. The molecule has 8 nitrogen and oxygen atoms in total. The highest BCUT2D eigenvalue weighted by Crippen LogP contribution is 2.35. The van der Waals surface area contributed by atoms with Crippen LogP contribution in [-0.4, -0.2) is 36.8 Å². The molecule has 1 saturated heterocycles. The summed E-state index contributed by atoms with van der Waals surface area (Å²) in [7, 11) is 0. The topological polar surface area (TPSA) is 114 Å². The highest BCUT2D eigenvalue weighted by Gasteiger charge is 2.39. The fraction of sp³-hybridized carbons (Fsp3) is 0.353. The van der Waals surface area contributed by atoms with Crippen LogP contribution in [0.3, 0.4) is 0 Å². The smallest absolute Gasteiger partial charge is 0.348 e. The van der Waals surface area contributed by atoms with Crippen LogP contribution in [-0.2, 0) is 23.9 Å². The second-order valence-corrected chi connectivity index (χ2v) is 6.60. The Labute approximate surface area is 158 Å². The molecule has 1 amide bonds. The monoisotopic (exact) mass is 427 g/mol. The number of benzene rings is 1. The highest BCUT2D eigenvalue weighted by molar-refractivity contribution is 9.10. The van der Waals surface area contributed by atoms with Gasteiger partial charge in [-0.15, -0.1) is 0 Å². The van der Waals surface area contributed by atoms with E-state index < -0.39 is 23.6 Å². The molecule has 0 bridgehead atoms. The molecule has 0 unspecified atom stereocenters. The lowest BCUT2D eigenvalue weighted by atomic mass is 10.1. The summed E-state index contributed by atoms with van der Waals surface area (Å²) >= 11 is 3.33. The molecule has 26 heavy (non-hydrogen) atoms. The number of primary amides is 1. The van der Waals surface area contributed by atoms with Gasteiger partial charge in [-0.25, -0.2) is 9.59 Å². The van der Waals surface area contributed by atoms with Crippen LogP contribution in [0.1, 0.15) is 26.3 Å². The van der Waals surface area contributed by atoms with E-state index >= 15 is 0 Å². The number of rotatable bonds is 6. The molecule has 0 radical (unpaired) electrons. The van der Waals surface area contributed by atoms with Crippen molar-refractivity contribution in [3.63, 3.8) is 0 Å². The zero-order valence-electron chi connectivity index (χ0n) is 14.5. The molecule has 0 atom stereocenters. The van der Waals surface area contributed by atoms with Crippen molar-refractivity contribution in [3.05, 3.63) is 27.7 Å². The van der Waals surface area contributed by atoms with E-state index in [-0.39, 0.29) is 17.9 Å². The van der Waals surface area contributed by atoms with E-state index in [4.69, 9.17) is 24.7 Å². The average molecular weight is 428 g/mol. The van der Waals surface area contributed by atoms with Gasteiger partial charge in [0.25, 0.3) is 11.7 Å². The first-order chi connectivity index (χ1) is 12.1. The predicted octanol–water partition coefficient (Wildman–Crippen LogP) is 1.93. The molecule has 0 aliphatic carbocycles. The molecule has 140 valence electrons. The van der Waals surface area contributed by atoms with Gasteiger partial charge in [0.15, 0.2) is 18.1 Å². The number of carbonyl (C=O) groups is 3. The summed E-state index contributed by atoms with van der Waals surface area (Å²) in [6, 6.07) is 3.10. The van der Waals surface area contributed by atoms with Crippen LogP contribution >= 0.6 is 15.9 Å². The maximum atomic E-state index is 12.1. The summed E-state index contributed by atoms with van der Waals surface area (Å²) in [4.78, 5) is 35.1. The first-order valence-corrected chi connectivity index (χ1v) is 8.48. The Bertz CT molecular complexity index is 764. The van der Waals surface area contributed by atoms with E-state index in [1.54, 1.807) is 19.1 Å². The zero-order valence-corrected chi connectivity index (χ0v) is 16.0. The molecule has 0 spiro atoms. The minimum atomic E-state index is -1.31. The van der Waals surface area contributed by atoms with E-state index in [1.165, 1.54) is 19.9 Å². The predicted molar refractivity (Wildman–Crippen MR) is 94.2 cm³/mol. The Morgan fingerprint density at radius 1 is 1.19 bits per heavy atom. The van der Waals surface area contributed by atoms with Crippen molar-refractivity contribution in [1.29, 1.82) is 0 Å². The molecule has 1 heterocycles. The van der Waals surface area contributed by atoms with E-state index in [2.05, 4.69) is 15.9 Å². The maximum absolute atomic E-state index is 12.1. The molecular weight excluding hydrogens is 410 g/mol. The van der Waals surface area contributed by atoms with E-state index in [0.29, 0.717) is 22.4 Å². The number of cyclic esters (lactones) is 2. The molecule has 1 fully saturated rings. The number of halogens is 1. The molecule has 1 aliphatic heterocycles. The third-order valence-corrected chi connectivity index (χ3v) is 3.84. The van der Waals surface area contributed by atoms with Crippen LogP contribution in [0.5, 0.6) is 11.5 Å². The summed E-state index contributed by atoms with van der Waals surface area (Å²) in [5.74, 6) is -2.91. The molecule has 9 heteroatoms. The molecule has 0 saturated carbocycles. The molecule has 2 N–H and O–H groups in total. The molecule has 1 aromatic carbocycles. The average Bonchev–Trinajstić information content (AvgIpc) is 2.51. The lowest BCUT2D eigenvalue weighted by molar-refractivity contribution is -0.222. The van der Waals surface area contributed by atoms with Gasteiger partial charge in [0.2, 0.25) is 0 Å². The largest absolute Gasteiger partial charge is 0.490 e. The van der Waals surface area contributed by atoms with Crippen molar-refractivity contribution in [1.82, 2.24) is 0 Å². The van der Waals surface area contributed by atoms with Crippen LogP contribution in [0.25, 0.3) is 6.08 Å². The van der Waals surface area contributed by atoms with Gasteiger partial charge in [0.1, 0.15) is 5.57 Å². The van der Waals surface area contributed by atoms with E-state index in [0.717, 1.165) is 0 Å². The van der Waals surface area contributed by atoms with Crippen molar-refractivity contribution in [2.75, 3.05) is 13.2 Å². The normalized spacial score (nSPS) is 15.8. The van der Waals surface area contributed by atoms with Crippen molar-refractivity contribution in [2.45, 2.75) is 26.6 Å². The van der Waals surface area contributed by atoms with Gasteiger partial charge in [-0.2, -0.15) is 0 Å². The van der Waals surface area contributed by atoms with Gasteiger partial charge < -0.3 is 24.7 Å². The number of hydrogen-bond acceptors (Lipinski definition) is 7. The summed E-state index contributed by atoms with van der Waals surface area (Å²) in [6.07, 6.45) is 1.32. The van der Waals surface area contributed by atoms with Crippen molar-refractivity contribution in [3.8, 4) is 11.5 Å². The Morgan fingerprint density at radius 2 is 1.77 bits per heavy atom. The lowest BCUT2D eigenvalue weighted by Crippen LogP contribution is -2.41. The number of ether oxygens (including phenoxy) is 4. The number of amides is 1. The minimum absolute atomic E-state index is 0.252. The van der Waals surface area contributed by atoms with Crippen LogP contribution in [0, 0.1) is 0 Å². The summed E-state index contributed by atoms with van der Waals surface area (Å²) in [6.45, 7) is 4.72. The van der Waals surface area contributed by atoms with Crippen molar-refractivity contribution >= 4 is 39.9 Å². The van der Waals surface area contributed by atoms with Crippen LogP contribution in [0.15, 0.2) is 22.2 Å². The lowest BCUT2D eigenvalue weighted by Gasteiger charge is -2.29. The molecule has 1 aliphatic rings. The second-order valence-electron chi connectivity index (χ2n) is 5.75. The highest BCUT2D eigenvalue weighted by atomic mass is 79.9. The summed E-state index contributed by atoms with van der Waals surface area (Å²) < 4.78 is 21.4. The van der Waals surface area contributed by atoms with E-state index in [9.17, 15) is 14.4 Å². The standard InChI is InChI=1S/C17H18BrNO7/c1-4-23-12-6-9(11(18)7-13(12)24-8-14(19)20)5-10-15(21)25-17(2,3)26-16(10)22/h5-7H,4,8H2,1-3H3,(H2,19,20). The Morgan fingerprint density at radius 3 is 2.31 bits per heavy atom. The van der Waals surface area contributed by atoms with E-state index in [1.807, 2.05) is 0 Å². The zero-order chi connectivity index (χ0) is 19.5. The first-order valence-electron chi connectivity index (χ1n) is 7.68. The Kier molecular flexibility index (Phi) is 5.91. The van der Waals surface area contributed by atoms with Gasteiger partial charge >= 0.3 is 11.9 Å². The number of carbonyl (C=O) groups excluding carboxylic acids is 3. The van der Waals surface area contributed by atoms with Gasteiger partial charge in [-0.05, 0) is 30.7 Å². The number of hydrogen-bond donors (Lipinski definition) is 1. The molecule has 1 aromatic rings. The fourth-order valence-corrected chi connectivity index (χ4v) is 2.56. The summed E-state index contributed by atoms with van der Waals surface area (Å²) in [5, 5.41) is 0. The Hall–Kier alpha value is -2.55. The van der Waals surface area contributed by atoms with Crippen molar-refractivity contribution < 1.29 is 33.3 Å². The number of esters is 2. The van der Waals surface area contributed by atoms with Gasteiger partial charge in [-0.1, -0.05) is 15.9 Å². The van der Waals surface area contributed by atoms with Crippen molar-refractivity contribution in [2.24, 2.45) is 5.73 Å². The second kappa shape index (κ2) is 7.77. The van der Waals surface area contributed by atoms with Gasteiger partial charge in [0, 0.05) is 18.3 Å². The molecule has 0 aromatic heterocycles.